The molecule has 116 valence electrons. The van der Waals surface area contributed by atoms with Gasteiger partial charge in [0.05, 0.1) is 6.04 Å². The van der Waals surface area contributed by atoms with Gasteiger partial charge in [-0.05, 0) is 70.0 Å². The van der Waals surface area contributed by atoms with Gasteiger partial charge < -0.3 is 5.73 Å². The highest BCUT2D eigenvalue weighted by molar-refractivity contribution is 5.30. The molecule has 1 saturated carbocycles. The van der Waals surface area contributed by atoms with E-state index in [1.165, 1.54) is 36.8 Å². The van der Waals surface area contributed by atoms with E-state index in [2.05, 4.69) is 49.9 Å². The second kappa shape index (κ2) is 5.73. The Morgan fingerprint density at radius 1 is 0.952 bits per heavy atom. The second-order valence-electron chi connectivity index (χ2n) is 7.91. The zero-order valence-electron chi connectivity index (χ0n) is 13.8. The minimum absolute atomic E-state index is 0.168. The molecule has 0 radical (unpaired) electrons. The van der Waals surface area contributed by atoms with E-state index in [-0.39, 0.29) is 11.6 Å². The molecule has 1 aliphatic carbocycles. The fraction of sp³-hybridized carbons (Fsp3) is 0.684. The highest BCUT2D eigenvalue weighted by Crippen LogP contribution is 2.41. The molecule has 0 spiro atoms. The molecule has 2 N–H and O–H groups in total. The summed E-state index contributed by atoms with van der Waals surface area (Å²) in [5, 5.41) is 0. The first-order chi connectivity index (χ1) is 9.97. The lowest BCUT2D eigenvalue weighted by atomic mass is 9.91. The lowest BCUT2D eigenvalue weighted by Crippen LogP contribution is -2.49. The summed E-state index contributed by atoms with van der Waals surface area (Å²) in [6.07, 6.45) is 6.40. The van der Waals surface area contributed by atoms with Gasteiger partial charge in [-0.25, -0.2) is 0 Å². The minimum Gasteiger partial charge on any atom is -0.326 e. The summed E-state index contributed by atoms with van der Waals surface area (Å²) in [6, 6.07) is 9.96. The maximum absolute atomic E-state index is 6.57. The van der Waals surface area contributed by atoms with Gasteiger partial charge in [0.1, 0.15) is 0 Å². The van der Waals surface area contributed by atoms with E-state index in [0.29, 0.717) is 6.04 Å². The minimum atomic E-state index is 0.168. The molecule has 1 aromatic carbocycles. The molecule has 2 heteroatoms. The molecule has 1 saturated heterocycles. The summed E-state index contributed by atoms with van der Waals surface area (Å²) in [6.45, 7) is 8.11. The Labute approximate surface area is 129 Å². The zero-order chi connectivity index (χ0) is 15.0. The standard InChI is InChI=1S/C19H30N2/c1-19(2,3)21-13-5-4-6-17(20)18(21)16-11-9-15(10-12-16)14-7-8-14/h9-12,14,17-18H,4-8,13,20H2,1-3H3. The van der Waals surface area contributed by atoms with Gasteiger partial charge in [0.25, 0.3) is 0 Å². The maximum Gasteiger partial charge on any atom is 0.0504 e. The van der Waals surface area contributed by atoms with Crippen LogP contribution < -0.4 is 5.73 Å². The van der Waals surface area contributed by atoms with E-state index in [4.69, 9.17) is 5.73 Å². The molecular weight excluding hydrogens is 256 g/mol. The highest BCUT2D eigenvalue weighted by atomic mass is 15.2. The van der Waals surface area contributed by atoms with Crippen molar-refractivity contribution in [2.75, 3.05) is 6.54 Å². The van der Waals surface area contributed by atoms with Crippen LogP contribution in [0.15, 0.2) is 24.3 Å². The predicted octanol–water partition coefficient (Wildman–Crippen LogP) is 4.22. The van der Waals surface area contributed by atoms with E-state index in [1.54, 1.807) is 0 Å². The van der Waals surface area contributed by atoms with E-state index in [1.807, 2.05) is 0 Å². The lowest BCUT2D eigenvalue weighted by Gasteiger charge is -2.43. The number of nitrogens with zero attached hydrogens (tertiary/aromatic N) is 1. The van der Waals surface area contributed by atoms with Crippen molar-refractivity contribution in [3.8, 4) is 0 Å². The summed E-state index contributed by atoms with van der Waals surface area (Å²) in [4.78, 5) is 2.62. The van der Waals surface area contributed by atoms with Crippen LogP contribution in [0.4, 0.5) is 0 Å². The third-order valence-electron chi connectivity index (χ3n) is 5.12. The first kappa shape index (κ1) is 15.1. The van der Waals surface area contributed by atoms with Crippen LogP contribution in [-0.2, 0) is 0 Å². The van der Waals surface area contributed by atoms with E-state index in [9.17, 15) is 0 Å². The first-order valence-electron chi connectivity index (χ1n) is 8.59. The molecule has 1 heterocycles. The highest BCUT2D eigenvalue weighted by Gasteiger charge is 2.35. The first-order valence-corrected chi connectivity index (χ1v) is 8.59. The van der Waals surface area contributed by atoms with Crippen molar-refractivity contribution in [1.82, 2.24) is 4.90 Å². The molecule has 2 atom stereocenters. The van der Waals surface area contributed by atoms with Gasteiger partial charge in [0.2, 0.25) is 0 Å². The van der Waals surface area contributed by atoms with Crippen LogP contribution in [-0.4, -0.2) is 23.0 Å². The van der Waals surface area contributed by atoms with E-state index in [0.717, 1.165) is 18.9 Å². The molecule has 2 unspecified atom stereocenters. The van der Waals surface area contributed by atoms with Crippen molar-refractivity contribution in [1.29, 1.82) is 0 Å². The summed E-state index contributed by atoms with van der Waals surface area (Å²) in [5.41, 5.74) is 9.66. The Morgan fingerprint density at radius 2 is 1.57 bits per heavy atom. The smallest absolute Gasteiger partial charge is 0.0504 e. The quantitative estimate of drug-likeness (QED) is 0.882. The van der Waals surface area contributed by atoms with Gasteiger partial charge in [-0.15, -0.1) is 0 Å². The molecule has 3 rings (SSSR count). The number of nitrogens with two attached hydrogens (primary N) is 1. The zero-order valence-corrected chi connectivity index (χ0v) is 13.8. The van der Waals surface area contributed by atoms with Crippen molar-refractivity contribution >= 4 is 0 Å². The Kier molecular flexibility index (Phi) is 4.11. The molecule has 2 nitrogen and oxygen atoms in total. The van der Waals surface area contributed by atoms with Crippen LogP contribution in [0.5, 0.6) is 0 Å². The molecule has 1 aliphatic heterocycles. The van der Waals surface area contributed by atoms with E-state index >= 15 is 0 Å². The van der Waals surface area contributed by atoms with Crippen LogP contribution in [0, 0.1) is 0 Å². The van der Waals surface area contributed by atoms with Crippen molar-refractivity contribution < 1.29 is 0 Å². The van der Waals surface area contributed by atoms with Gasteiger partial charge in [0, 0.05) is 11.6 Å². The number of likely N-dealkylation sites (tertiary alicyclic amines) is 1. The van der Waals surface area contributed by atoms with Crippen molar-refractivity contribution in [2.24, 2.45) is 5.73 Å². The topological polar surface area (TPSA) is 29.3 Å². The Balaban J connectivity index is 1.89. The third-order valence-corrected chi connectivity index (χ3v) is 5.12. The van der Waals surface area contributed by atoms with Crippen LogP contribution in [0.25, 0.3) is 0 Å². The monoisotopic (exact) mass is 286 g/mol. The number of benzene rings is 1. The molecule has 0 amide bonds. The Hall–Kier alpha value is -0.860. The average molecular weight is 286 g/mol. The summed E-state index contributed by atoms with van der Waals surface area (Å²) >= 11 is 0. The van der Waals surface area contributed by atoms with Crippen molar-refractivity contribution in [3.63, 3.8) is 0 Å². The van der Waals surface area contributed by atoms with Crippen molar-refractivity contribution in [3.05, 3.63) is 35.4 Å². The van der Waals surface area contributed by atoms with Crippen LogP contribution in [0.1, 0.15) is 76.0 Å². The van der Waals surface area contributed by atoms with E-state index < -0.39 is 0 Å². The third kappa shape index (κ3) is 3.32. The molecule has 1 aromatic rings. The molecule has 2 aliphatic rings. The van der Waals surface area contributed by atoms with Crippen LogP contribution in [0.3, 0.4) is 0 Å². The van der Waals surface area contributed by atoms with Crippen LogP contribution in [0.2, 0.25) is 0 Å². The molecule has 0 aromatic heterocycles. The SMILES string of the molecule is CC(C)(C)N1CCCCC(N)C1c1ccc(C2CC2)cc1. The van der Waals surface area contributed by atoms with Gasteiger partial charge in [-0.1, -0.05) is 30.7 Å². The van der Waals surface area contributed by atoms with Gasteiger partial charge in [0.15, 0.2) is 0 Å². The lowest BCUT2D eigenvalue weighted by molar-refractivity contribution is 0.0755. The summed E-state index contributed by atoms with van der Waals surface area (Å²) in [5.74, 6) is 0.834. The average Bonchev–Trinajstić information content (AvgIpc) is 3.25. The number of rotatable bonds is 2. The van der Waals surface area contributed by atoms with Crippen molar-refractivity contribution in [2.45, 2.75) is 76.4 Å². The molecule has 21 heavy (non-hydrogen) atoms. The van der Waals surface area contributed by atoms with Gasteiger partial charge >= 0.3 is 0 Å². The number of hydrogen-bond donors (Lipinski definition) is 1. The maximum atomic E-state index is 6.57. The predicted molar refractivity (Wildman–Crippen MR) is 89.4 cm³/mol. The van der Waals surface area contributed by atoms with Crippen LogP contribution >= 0.6 is 0 Å². The largest absolute Gasteiger partial charge is 0.326 e. The summed E-state index contributed by atoms with van der Waals surface area (Å²) < 4.78 is 0. The molecule has 0 bridgehead atoms. The number of hydrogen-bond acceptors (Lipinski definition) is 2. The van der Waals surface area contributed by atoms with Gasteiger partial charge in [-0.2, -0.15) is 0 Å². The fourth-order valence-electron chi connectivity index (χ4n) is 3.75. The second-order valence-corrected chi connectivity index (χ2v) is 7.91. The normalized spacial score (nSPS) is 28.4. The Bertz CT molecular complexity index is 467. The fourth-order valence-corrected chi connectivity index (χ4v) is 3.75. The summed E-state index contributed by atoms with van der Waals surface area (Å²) in [7, 11) is 0. The molecular formula is C19H30N2. The molecule has 2 fully saturated rings. The Morgan fingerprint density at radius 3 is 2.14 bits per heavy atom. The van der Waals surface area contributed by atoms with Gasteiger partial charge in [-0.3, -0.25) is 4.90 Å².